The van der Waals surface area contributed by atoms with E-state index in [1.807, 2.05) is 32.0 Å². The molecule has 1 aliphatic heterocycles. The van der Waals surface area contributed by atoms with Crippen molar-refractivity contribution in [2.45, 2.75) is 44.9 Å². The first kappa shape index (κ1) is 26.1. The molecular formula is C28H29Cl2NO5. The van der Waals surface area contributed by atoms with Crippen LogP contribution in [0.4, 0.5) is 0 Å². The van der Waals surface area contributed by atoms with Crippen LogP contribution < -0.4 is 14.8 Å². The highest BCUT2D eigenvalue weighted by Crippen LogP contribution is 2.48. The van der Waals surface area contributed by atoms with Gasteiger partial charge in [-0.05, 0) is 61.1 Å². The van der Waals surface area contributed by atoms with Crippen molar-refractivity contribution in [1.29, 1.82) is 0 Å². The summed E-state index contributed by atoms with van der Waals surface area (Å²) in [5.41, 5.74) is 3.99. The molecule has 0 fully saturated rings. The van der Waals surface area contributed by atoms with E-state index < -0.39 is 11.9 Å². The highest BCUT2D eigenvalue weighted by atomic mass is 35.5. The summed E-state index contributed by atoms with van der Waals surface area (Å²) in [6, 6.07) is 10.8. The Hall–Kier alpha value is -2.96. The number of rotatable bonds is 7. The number of ketones is 1. The zero-order valence-electron chi connectivity index (χ0n) is 20.7. The van der Waals surface area contributed by atoms with Gasteiger partial charge in [-0.25, -0.2) is 4.79 Å². The zero-order valence-corrected chi connectivity index (χ0v) is 22.3. The summed E-state index contributed by atoms with van der Waals surface area (Å²) >= 11 is 12.8. The van der Waals surface area contributed by atoms with Gasteiger partial charge in [-0.15, -0.1) is 0 Å². The summed E-state index contributed by atoms with van der Waals surface area (Å²) in [7, 11) is 3.18. The largest absolute Gasteiger partial charge is 0.493 e. The van der Waals surface area contributed by atoms with Gasteiger partial charge in [-0.1, -0.05) is 42.3 Å². The molecule has 0 bridgehead atoms. The van der Waals surface area contributed by atoms with Crippen molar-refractivity contribution >= 4 is 35.0 Å². The van der Waals surface area contributed by atoms with Crippen LogP contribution in [0, 0.1) is 0 Å². The van der Waals surface area contributed by atoms with E-state index in [0.717, 1.165) is 11.3 Å². The van der Waals surface area contributed by atoms with E-state index in [2.05, 4.69) is 5.32 Å². The summed E-state index contributed by atoms with van der Waals surface area (Å²) in [5, 5.41) is 4.22. The molecule has 2 aliphatic rings. The van der Waals surface area contributed by atoms with E-state index >= 15 is 0 Å². The van der Waals surface area contributed by atoms with Crippen molar-refractivity contribution in [1.82, 2.24) is 5.32 Å². The first-order valence-corrected chi connectivity index (χ1v) is 12.6. The van der Waals surface area contributed by atoms with Crippen molar-refractivity contribution in [3.63, 3.8) is 0 Å². The minimum Gasteiger partial charge on any atom is -0.493 e. The Balaban J connectivity index is 1.79. The SMILES string of the molecule is CCCOC(=O)C1=C(C)NC2=C(C(=O)CC(c3ccc(OC)c(OC)c3)C2)C1c1ccc(Cl)cc1Cl. The number of methoxy groups -OCH3 is 2. The monoisotopic (exact) mass is 529 g/mol. The van der Waals surface area contributed by atoms with Crippen LogP contribution in [0.3, 0.4) is 0 Å². The predicted octanol–water partition coefficient (Wildman–Crippen LogP) is 6.33. The van der Waals surface area contributed by atoms with Crippen molar-refractivity contribution in [2.75, 3.05) is 20.8 Å². The van der Waals surface area contributed by atoms with Gasteiger partial charge in [0.05, 0.1) is 26.4 Å². The molecule has 1 heterocycles. The summed E-state index contributed by atoms with van der Waals surface area (Å²) in [5.74, 6) is 0.0276. The smallest absolute Gasteiger partial charge is 0.336 e. The molecule has 8 heteroatoms. The lowest BCUT2D eigenvalue weighted by molar-refractivity contribution is -0.139. The minimum absolute atomic E-state index is 0.0483. The molecule has 0 saturated carbocycles. The van der Waals surface area contributed by atoms with E-state index in [9.17, 15) is 9.59 Å². The van der Waals surface area contributed by atoms with Gasteiger partial charge in [0.1, 0.15) is 0 Å². The molecule has 2 atom stereocenters. The van der Waals surface area contributed by atoms with Crippen LogP contribution >= 0.6 is 23.2 Å². The number of esters is 1. The molecular weight excluding hydrogens is 501 g/mol. The molecule has 2 unspecified atom stereocenters. The summed E-state index contributed by atoms with van der Waals surface area (Å²) < 4.78 is 16.3. The third kappa shape index (κ3) is 4.97. The van der Waals surface area contributed by atoms with Crippen molar-refractivity contribution in [3.8, 4) is 11.5 Å². The second-order valence-electron chi connectivity index (χ2n) is 8.93. The third-order valence-electron chi connectivity index (χ3n) is 6.64. The number of hydrogen-bond donors (Lipinski definition) is 1. The molecule has 0 aromatic heterocycles. The molecule has 0 amide bonds. The van der Waals surface area contributed by atoms with Gasteiger partial charge in [0, 0.05) is 39.4 Å². The molecule has 4 rings (SSSR count). The molecule has 1 aliphatic carbocycles. The van der Waals surface area contributed by atoms with Gasteiger partial charge in [0.25, 0.3) is 0 Å². The number of allylic oxidation sites excluding steroid dienone is 3. The summed E-state index contributed by atoms with van der Waals surface area (Å²) in [6.45, 7) is 4.05. The number of carbonyl (C=O) groups is 2. The lowest BCUT2D eigenvalue weighted by Gasteiger charge is -2.37. The average molecular weight is 530 g/mol. The van der Waals surface area contributed by atoms with Gasteiger partial charge in [-0.3, -0.25) is 4.79 Å². The lowest BCUT2D eigenvalue weighted by Crippen LogP contribution is -2.36. The van der Waals surface area contributed by atoms with Crippen LogP contribution in [0.5, 0.6) is 11.5 Å². The Morgan fingerprint density at radius 1 is 1.06 bits per heavy atom. The molecule has 0 spiro atoms. The van der Waals surface area contributed by atoms with Crippen LogP contribution in [-0.2, 0) is 14.3 Å². The fourth-order valence-corrected chi connectivity index (χ4v) is 5.49. The van der Waals surface area contributed by atoms with E-state index in [1.165, 1.54) is 0 Å². The number of Topliss-reactive ketones (excluding diaryl/α,β-unsaturated/α-hetero) is 1. The van der Waals surface area contributed by atoms with Gasteiger partial charge in [0.2, 0.25) is 0 Å². The molecule has 1 N–H and O–H groups in total. The van der Waals surface area contributed by atoms with Crippen molar-refractivity contribution in [2.24, 2.45) is 0 Å². The summed E-state index contributed by atoms with van der Waals surface area (Å²) in [4.78, 5) is 26.9. The predicted molar refractivity (Wildman–Crippen MR) is 140 cm³/mol. The maximum absolute atomic E-state index is 13.7. The molecule has 2 aromatic carbocycles. The number of dihydropyridines is 1. The number of carbonyl (C=O) groups excluding carboxylic acids is 2. The Morgan fingerprint density at radius 2 is 1.81 bits per heavy atom. The Morgan fingerprint density at radius 3 is 2.47 bits per heavy atom. The van der Waals surface area contributed by atoms with E-state index in [1.54, 1.807) is 32.4 Å². The van der Waals surface area contributed by atoms with Crippen LogP contribution in [0.15, 0.2) is 58.9 Å². The highest BCUT2D eigenvalue weighted by molar-refractivity contribution is 6.35. The lowest BCUT2D eigenvalue weighted by atomic mass is 9.71. The first-order valence-electron chi connectivity index (χ1n) is 11.9. The quantitative estimate of drug-likeness (QED) is 0.422. The Kier molecular flexibility index (Phi) is 7.96. The molecule has 0 saturated heterocycles. The standard InChI is InChI=1S/C28H29Cl2NO5/c1-5-10-36-28(33)25-15(2)31-21-11-17(16-6-9-23(34-3)24(13-16)35-4)12-22(32)27(21)26(25)19-8-7-18(29)14-20(19)30/h6-9,13-14,17,26,31H,5,10-12H2,1-4H3. The van der Waals surface area contributed by atoms with Gasteiger partial charge < -0.3 is 19.5 Å². The Bertz CT molecular complexity index is 1270. The fourth-order valence-electron chi connectivity index (χ4n) is 4.97. The topological polar surface area (TPSA) is 73.9 Å². The number of halogens is 2. The van der Waals surface area contributed by atoms with Crippen molar-refractivity contribution in [3.05, 3.63) is 80.1 Å². The normalized spacial score (nSPS) is 19.6. The first-order chi connectivity index (χ1) is 17.3. The van der Waals surface area contributed by atoms with Crippen LogP contribution in [-0.4, -0.2) is 32.6 Å². The number of nitrogens with one attached hydrogen (secondary N) is 1. The second kappa shape index (κ2) is 11.0. The summed E-state index contributed by atoms with van der Waals surface area (Å²) in [6.07, 6.45) is 1.57. The second-order valence-corrected chi connectivity index (χ2v) is 9.78. The molecule has 6 nitrogen and oxygen atoms in total. The average Bonchev–Trinajstić information content (AvgIpc) is 2.86. The maximum Gasteiger partial charge on any atom is 0.336 e. The number of hydrogen-bond acceptors (Lipinski definition) is 6. The van der Waals surface area contributed by atoms with Crippen molar-refractivity contribution < 1.29 is 23.8 Å². The van der Waals surface area contributed by atoms with E-state index in [4.69, 9.17) is 37.4 Å². The van der Waals surface area contributed by atoms with E-state index in [0.29, 0.717) is 56.8 Å². The van der Waals surface area contributed by atoms with Crippen LogP contribution in [0.2, 0.25) is 10.0 Å². The van der Waals surface area contributed by atoms with Gasteiger partial charge >= 0.3 is 5.97 Å². The third-order valence-corrected chi connectivity index (χ3v) is 7.20. The number of ether oxygens (including phenoxy) is 3. The fraction of sp³-hybridized carbons (Fsp3) is 0.357. The van der Waals surface area contributed by atoms with Gasteiger partial charge in [0.15, 0.2) is 17.3 Å². The molecule has 2 aromatic rings. The maximum atomic E-state index is 13.7. The zero-order chi connectivity index (χ0) is 26.0. The van der Waals surface area contributed by atoms with Crippen LogP contribution in [0.1, 0.15) is 56.1 Å². The molecule has 0 radical (unpaired) electrons. The van der Waals surface area contributed by atoms with Gasteiger partial charge in [-0.2, -0.15) is 0 Å². The van der Waals surface area contributed by atoms with Crippen LogP contribution in [0.25, 0.3) is 0 Å². The Labute approximate surface area is 221 Å². The highest BCUT2D eigenvalue weighted by Gasteiger charge is 2.42. The van der Waals surface area contributed by atoms with E-state index in [-0.39, 0.29) is 24.7 Å². The molecule has 36 heavy (non-hydrogen) atoms. The molecule has 190 valence electrons. The number of benzene rings is 2. The minimum atomic E-state index is -0.644.